The second-order valence-electron chi connectivity index (χ2n) is 12.3. The molecule has 3 aromatic carbocycles. The lowest BCUT2D eigenvalue weighted by atomic mass is 9.52. The smallest absolute Gasteiger partial charge is 0.131 e. The van der Waals surface area contributed by atoms with Crippen LogP contribution in [-0.2, 0) is 23.2 Å². The van der Waals surface area contributed by atoms with Crippen LogP contribution in [-0.4, -0.2) is 14.2 Å². The van der Waals surface area contributed by atoms with Gasteiger partial charge in [-0.25, -0.2) is 4.39 Å². The van der Waals surface area contributed by atoms with Crippen LogP contribution < -0.4 is 9.47 Å². The van der Waals surface area contributed by atoms with E-state index < -0.39 is 0 Å². The van der Waals surface area contributed by atoms with Crippen LogP contribution >= 0.6 is 0 Å². The maximum Gasteiger partial charge on any atom is 0.131 e. The topological polar surface area (TPSA) is 27.7 Å². The molecule has 0 unspecified atom stereocenters. The predicted octanol–water partition coefficient (Wildman–Crippen LogP) is 8.82. The Morgan fingerprint density at radius 1 is 0.947 bits per heavy atom. The van der Waals surface area contributed by atoms with Crippen molar-refractivity contribution in [1.29, 1.82) is 0 Å². The van der Waals surface area contributed by atoms with Gasteiger partial charge in [0.25, 0.3) is 0 Å². The number of ether oxygens (including phenoxy) is 3. The summed E-state index contributed by atoms with van der Waals surface area (Å²) in [5.74, 6) is 2.00. The number of hydrogen-bond acceptors (Lipinski definition) is 3. The summed E-state index contributed by atoms with van der Waals surface area (Å²) in [6.07, 6.45) is 6.13. The summed E-state index contributed by atoms with van der Waals surface area (Å²) in [6, 6.07) is 17.7. The molecule has 3 atom stereocenters. The van der Waals surface area contributed by atoms with Gasteiger partial charge in [-0.15, -0.1) is 0 Å². The van der Waals surface area contributed by atoms with Gasteiger partial charge in [-0.3, -0.25) is 0 Å². The van der Waals surface area contributed by atoms with E-state index >= 15 is 4.39 Å². The van der Waals surface area contributed by atoms with Crippen molar-refractivity contribution in [1.82, 2.24) is 0 Å². The molecule has 0 aliphatic heterocycles. The highest BCUT2D eigenvalue weighted by Gasteiger charge is 2.47. The lowest BCUT2D eigenvalue weighted by Gasteiger charge is -2.52. The monoisotopic (exact) mass is 516 g/mol. The first-order chi connectivity index (χ1) is 18.2. The third-order valence-corrected chi connectivity index (χ3v) is 8.94. The van der Waals surface area contributed by atoms with Gasteiger partial charge in [0.05, 0.1) is 13.2 Å². The zero-order valence-corrected chi connectivity index (χ0v) is 23.7. The van der Waals surface area contributed by atoms with Crippen LogP contribution in [0.4, 0.5) is 4.39 Å². The number of hydrogen-bond donors (Lipinski definition) is 0. The Labute approximate surface area is 227 Å². The van der Waals surface area contributed by atoms with Crippen molar-refractivity contribution in [3.05, 3.63) is 82.7 Å². The molecule has 0 radical (unpaired) electrons. The molecule has 2 aliphatic rings. The molecule has 1 spiro atoms. The van der Waals surface area contributed by atoms with Gasteiger partial charge in [-0.1, -0.05) is 45.9 Å². The maximum absolute atomic E-state index is 15.0. The molecule has 0 saturated heterocycles. The van der Waals surface area contributed by atoms with Crippen molar-refractivity contribution in [2.75, 3.05) is 14.2 Å². The largest absolute Gasteiger partial charge is 0.497 e. The van der Waals surface area contributed by atoms with Crippen molar-refractivity contribution in [3.63, 3.8) is 0 Å². The van der Waals surface area contributed by atoms with E-state index in [2.05, 4.69) is 52.0 Å². The molecular formula is C34H41FO3. The van der Waals surface area contributed by atoms with Gasteiger partial charge in [-0.05, 0) is 113 Å². The zero-order valence-electron chi connectivity index (χ0n) is 23.7. The van der Waals surface area contributed by atoms with Crippen molar-refractivity contribution >= 4 is 0 Å². The molecule has 0 N–H and O–H groups in total. The molecule has 3 nitrogen and oxygen atoms in total. The summed E-state index contributed by atoms with van der Waals surface area (Å²) >= 11 is 0. The lowest BCUT2D eigenvalue weighted by molar-refractivity contribution is 0.0155. The van der Waals surface area contributed by atoms with Crippen LogP contribution in [0.5, 0.6) is 11.5 Å². The first-order valence-electron chi connectivity index (χ1n) is 13.9. The van der Waals surface area contributed by atoms with Gasteiger partial charge in [0.2, 0.25) is 0 Å². The number of aryl methyl sites for hydroxylation is 1. The van der Waals surface area contributed by atoms with E-state index in [-0.39, 0.29) is 17.3 Å². The Bertz CT molecular complexity index is 1310. The molecule has 5 rings (SSSR count). The fraction of sp³-hybridized carbons (Fsp3) is 0.471. The molecule has 0 aromatic heterocycles. The second-order valence-corrected chi connectivity index (χ2v) is 12.3. The van der Waals surface area contributed by atoms with Gasteiger partial charge in [0.15, 0.2) is 0 Å². The van der Waals surface area contributed by atoms with Crippen LogP contribution in [0.15, 0.2) is 54.6 Å². The van der Waals surface area contributed by atoms with Gasteiger partial charge in [-0.2, -0.15) is 0 Å². The molecule has 4 heteroatoms. The normalized spacial score (nSPS) is 21.5. The fourth-order valence-corrected chi connectivity index (χ4v) is 6.72. The predicted molar refractivity (Wildman–Crippen MR) is 151 cm³/mol. The maximum atomic E-state index is 15.0. The van der Waals surface area contributed by atoms with Crippen LogP contribution in [0.2, 0.25) is 0 Å². The zero-order chi connectivity index (χ0) is 27.1. The molecule has 0 amide bonds. The Morgan fingerprint density at radius 2 is 1.74 bits per heavy atom. The highest BCUT2D eigenvalue weighted by Crippen LogP contribution is 2.55. The first kappa shape index (κ1) is 26.7. The van der Waals surface area contributed by atoms with Crippen molar-refractivity contribution in [3.8, 4) is 22.6 Å². The Balaban J connectivity index is 1.47. The van der Waals surface area contributed by atoms with E-state index in [1.807, 2.05) is 12.1 Å². The average molecular weight is 517 g/mol. The SMILES string of the molecule is COc1ccc(F)c(-c2ccc(COc3ccc4c(c3)[C@]3(CCC4)CC[C@H]3C)cc2[C@H](OC)C(C)(C)C)c1. The van der Waals surface area contributed by atoms with Crippen molar-refractivity contribution in [2.45, 2.75) is 77.9 Å². The van der Waals surface area contributed by atoms with E-state index in [4.69, 9.17) is 14.2 Å². The van der Waals surface area contributed by atoms with Crippen LogP contribution in [0.3, 0.4) is 0 Å². The highest BCUT2D eigenvalue weighted by molar-refractivity contribution is 5.70. The van der Waals surface area contributed by atoms with Crippen molar-refractivity contribution in [2.24, 2.45) is 11.3 Å². The molecular weight excluding hydrogens is 475 g/mol. The molecule has 0 bridgehead atoms. The third-order valence-electron chi connectivity index (χ3n) is 8.94. The molecule has 202 valence electrons. The molecule has 2 aliphatic carbocycles. The quantitative estimate of drug-likeness (QED) is 0.314. The summed E-state index contributed by atoms with van der Waals surface area (Å²) in [4.78, 5) is 0. The fourth-order valence-electron chi connectivity index (χ4n) is 6.72. The van der Waals surface area contributed by atoms with E-state index in [0.717, 1.165) is 28.4 Å². The molecule has 1 saturated carbocycles. The lowest BCUT2D eigenvalue weighted by Crippen LogP contribution is -2.45. The Hall–Kier alpha value is -2.85. The van der Waals surface area contributed by atoms with E-state index in [1.165, 1.54) is 49.3 Å². The molecule has 0 heterocycles. The highest BCUT2D eigenvalue weighted by atomic mass is 19.1. The van der Waals surface area contributed by atoms with Gasteiger partial charge < -0.3 is 14.2 Å². The summed E-state index contributed by atoms with van der Waals surface area (Å²) in [6.45, 7) is 9.26. The summed E-state index contributed by atoms with van der Waals surface area (Å²) in [7, 11) is 3.31. The number of rotatable bonds is 7. The molecule has 38 heavy (non-hydrogen) atoms. The first-order valence-corrected chi connectivity index (χ1v) is 13.9. The molecule has 3 aromatic rings. The van der Waals surface area contributed by atoms with Crippen LogP contribution in [0.25, 0.3) is 11.1 Å². The minimum atomic E-state index is -0.284. The second kappa shape index (κ2) is 10.4. The number of halogens is 1. The van der Waals surface area contributed by atoms with E-state index in [1.54, 1.807) is 26.4 Å². The third kappa shape index (κ3) is 4.84. The number of methoxy groups -OCH3 is 2. The Kier molecular flexibility index (Phi) is 7.30. The van der Waals surface area contributed by atoms with Gasteiger partial charge in [0, 0.05) is 12.7 Å². The Morgan fingerprint density at radius 3 is 2.39 bits per heavy atom. The van der Waals surface area contributed by atoms with Crippen molar-refractivity contribution < 1.29 is 18.6 Å². The number of fused-ring (bicyclic) bond motifs is 2. The van der Waals surface area contributed by atoms with E-state index in [9.17, 15) is 0 Å². The minimum Gasteiger partial charge on any atom is -0.497 e. The van der Waals surface area contributed by atoms with Crippen LogP contribution in [0.1, 0.15) is 81.7 Å². The summed E-state index contributed by atoms with van der Waals surface area (Å²) < 4.78 is 32.8. The summed E-state index contributed by atoms with van der Waals surface area (Å²) in [5.41, 5.74) is 6.45. The minimum absolute atomic E-state index is 0.190. The standard InChI is InChI=1S/C34H41FO3/c1-22-15-17-34(22)16-7-8-24-10-11-26(20-30(24)34)38-21-23-9-13-27(28-19-25(36-5)12-14-31(28)35)29(18-23)32(37-6)33(2,3)4/h9-14,18-20,22,32H,7-8,15-17,21H2,1-6H3/t22-,32+,34-/m1/s1. The van der Waals surface area contributed by atoms with E-state index in [0.29, 0.717) is 23.3 Å². The summed E-state index contributed by atoms with van der Waals surface area (Å²) in [5, 5.41) is 0. The van der Waals surface area contributed by atoms with Gasteiger partial charge in [0.1, 0.15) is 23.9 Å². The average Bonchev–Trinajstić information content (AvgIpc) is 2.90. The van der Waals surface area contributed by atoms with Crippen LogP contribution in [0, 0.1) is 17.2 Å². The van der Waals surface area contributed by atoms with Gasteiger partial charge >= 0.3 is 0 Å². The number of benzene rings is 3. The molecule has 1 fully saturated rings.